The number of halogens is 1. The van der Waals surface area contributed by atoms with Gasteiger partial charge in [0.25, 0.3) is 0 Å². The molecule has 0 atom stereocenters. The number of hydrogen-bond acceptors (Lipinski definition) is 3. The summed E-state index contributed by atoms with van der Waals surface area (Å²) in [5, 5.41) is 12.8. The second-order valence-corrected chi connectivity index (χ2v) is 7.53. The molecule has 0 radical (unpaired) electrons. The molecule has 2 aromatic rings. The Morgan fingerprint density at radius 3 is 2.41 bits per heavy atom. The van der Waals surface area contributed by atoms with E-state index in [4.69, 9.17) is 21.6 Å². The van der Waals surface area contributed by atoms with Crippen molar-refractivity contribution in [2.75, 3.05) is 7.11 Å². The van der Waals surface area contributed by atoms with Crippen LogP contribution in [0, 0.1) is 11.3 Å². The molecule has 1 N–H and O–H groups in total. The Balaban J connectivity index is 1.82. The number of ether oxygens (including phenoxy) is 1. The van der Waals surface area contributed by atoms with Gasteiger partial charge in [-0.2, -0.15) is 5.26 Å². The molecule has 1 amide bonds. The van der Waals surface area contributed by atoms with E-state index >= 15 is 0 Å². The van der Waals surface area contributed by atoms with Crippen LogP contribution in [0.3, 0.4) is 0 Å². The molecule has 0 aliphatic heterocycles. The average molecular weight is 383 g/mol. The van der Waals surface area contributed by atoms with Crippen LogP contribution in [0.2, 0.25) is 5.02 Å². The van der Waals surface area contributed by atoms with Crippen molar-refractivity contribution in [3.05, 3.63) is 64.2 Å². The lowest BCUT2D eigenvalue weighted by Gasteiger charge is -2.41. The summed E-state index contributed by atoms with van der Waals surface area (Å²) < 4.78 is 5.24. The van der Waals surface area contributed by atoms with Crippen molar-refractivity contribution < 1.29 is 9.53 Å². The normalized spacial score (nSPS) is 21.9. The Hall–Kier alpha value is -2.51. The molecule has 1 fully saturated rings. The van der Waals surface area contributed by atoms with Crippen molar-refractivity contribution in [1.29, 1.82) is 5.26 Å². The van der Waals surface area contributed by atoms with Crippen molar-refractivity contribution in [3.8, 4) is 11.8 Å². The fourth-order valence-electron chi connectivity index (χ4n) is 4.07. The lowest BCUT2D eigenvalue weighted by atomic mass is 9.71. The Labute approximate surface area is 165 Å². The molecule has 5 heteroatoms. The Kier molecular flexibility index (Phi) is 5.72. The Bertz CT molecular complexity index is 863. The number of carbonyl (C=O) groups excluding carboxylic acids is 1. The Morgan fingerprint density at radius 2 is 1.89 bits per heavy atom. The van der Waals surface area contributed by atoms with Crippen LogP contribution in [0.4, 0.5) is 0 Å². The summed E-state index contributed by atoms with van der Waals surface area (Å²) in [6, 6.07) is 15.7. The van der Waals surface area contributed by atoms with Crippen molar-refractivity contribution in [3.63, 3.8) is 0 Å². The third-order valence-corrected chi connectivity index (χ3v) is 5.76. The van der Waals surface area contributed by atoms with Crippen LogP contribution in [0.15, 0.2) is 42.5 Å². The van der Waals surface area contributed by atoms with Gasteiger partial charge < -0.3 is 10.1 Å². The number of amides is 1. The van der Waals surface area contributed by atoms with Crippen molar-refractivity contribution in [1.82, 2.24) is 5.32 Å². The summed E-state index contributed by atoms with van der Waals surface area (Å²) in [7, 11) is 1.61. The molecule has 0 spiro atoms. The van der Waals surface area contributed by atoms with E-state index < -0.39 is 0 Å². The molecule has 1 aliphatic rings. The monoisotopic (exact) mass is 382 g/mol. The molecule has 3 rings (SSSR count). The van der Waals surface area contributed by atoms with Crippen LogP contribution in [-0.2, 0) is 10.3 Å². The number of carbonyl (C=O) groups is 1. The van der Waals surface area contributed by atoms with Gasteiger partial charge >= 0.3 is 0 Å². The SMILES string of the molecule is COc1ccc(C2CCC(NC(C)=O)(c3ccc(C#N)cc3)CC2)cc1Cl. The van der Waals surface area contributed by atoms with Crippen LogP contribution in [0.25, 0.3) is 0 Å². The smallest absolute Gasteiger partial charge is 0.217 e. The van der Waals surface area contributed by atoms with E-state index in [1.54, 1.807) is 14.0 Å². The highest BCUT2D eigenvalue weighted by Gasteiger charge is 2.38. The predicted octanol–water partition coefficient (Wildman–Crippen LogP) is 4.91. The summed E-state index contributed by atoms with van der Waals surface area (Å²) in [4.78, 5) is 11.9. The summed E-state index contributed by atoms with van der Waals surface area (Å²) in [5.74, 6) is 1.04. The van der Waals surface area contributed by atoms with Gasteiger partial charge in [-0.25, -0.2) is 0 Å². The van der Waals surface area contributed by atoms with Gasteiger partial charge in [0, 0.05) is 6.92 Å². The standard InChI is InChI=1S/C22H23ClN2O2/c1-15(26)25-22(19-6-3-16(14-24)4-7-19)11-9-17(10-12-22)18-5-8-21(27-2)20(23)13-18/h3-8,13,17H,9-12H2,1-2H3,(H,25,26). The first-order valence-electron chi connectivity index (χ1n) is 9.10. The molecule has 0 unspecified atom stereocenters. The van der Waals surface area contributed by atoms with Crippen LogP contribution >= 0.6 is 11.6 Å². The van der Waals surface area contributed by atoms with Crippen molar-refractivity contribution >= 4 is 17.5 Å². The third kappa shape index (κ3) is 4.09. The molecule has 1 aliphatic carbocycles. The van der Waals surface area contributed by atoms with Gasteiger partial charge in [-0.3, -0.25) is 4.79 Å². The molecular weight excluding hydrogens is 360 g/mol. The summed E-state index contributed by atoms with van der Waals surface area (Å²) in [6.45, 7) is 1.56. The fraction of sp³-hybridized carbons (Fsp3) is 0.364. The zero-order valence-electron chi connectivity index (χ0n) is 15.6. The topological polar surface area (TPSA) is 62.1 Å². The van der Waals surface area contributed by atoms with Crippen LogP contribution in [0.5, 0.6) is 5.75 Å². The molecule has 140 valence electrons. The number of rotatable bonds is 4. The van der Waals surface area contributed by atoms with E-state index in [1.165, 1.54) is 5.56 Å². The van der Waals surface area contributed by atoms with Crippen LogP contribution < -0.4 is 10.1 Å². The molecule has 0 bridgehead atoms. The maximum absolute atomic E-state index is 11.9. The highest BCUT2D eigenvalue weighted by atomic mass is 35.5. The summed E-state index contributed by atoms with van der Waals surface area (Å²) in [6.07, 6.45) is 3.57. The number of nitriles is 1. The first-order valence-corrected chi connectivity index (χ1v) is 9.48. The number of nitrogens with one attached hydrogen (secondary N) is 1. The minimum Gasteiger partial charge on any atom is -0.495 e. The molecule has 2 aromatic carbocycles. The minimum atomic E-state index is -0.382. The van der Waals surface area contributed by atoms with Gasteiger partial charge in [-0.15, -0.1) is 0 Å². The van der Waals surface area contributed by atoms with Crippen molar-refractivity contribution in [2.24, 2.45) is 0 Å². The summed E-state index contributed by atoms with van der Waals surface area (Å²) >= 11 is 6.29. The van der Waals surface area contributed by atoms with E-state index in [1.807, 2.05) is 36.4 Å². The summed E-state index contributed by atoms with van der Waals surface area (Å²) in [5.41, 5.74) is 2.50. The number of hydrogen-bond donors (Lipinski definition) is 1. The van der Waals surface area contributed by atoms with E-state index in [-0.39, 0.29) is 11.4 Å². The molecule has 27 heavy (non-hydrogen) atoms. The zero-order chi connectivity index (χ0) is 19.4. The van der Waals surface area contributed by atoms with Gasteiger partial charge in [-0.1, -0.05) is 29.8 Å². The maximum atomic E-state index is 11.9. The van der Waals surface area contributed by atoms with Crippen molar-refractivity contribution in [2.45, 2.75) is 44.1 Å². The first-order chi connectivity index (χ1) is 13.0. The second-order valence-electron chi connectivity index (χ2n) is 7.12. The third-order valence-electron chi connectivity index (χ3n) is 5.47. The quantitative estimate of drug-likeness (QED) is 0.817. The van der Waals surface area contributed by atoms with Gasteiger partial charge in [-0.05, 0) is 67.0 Å². The molecular formula is C22H23ClN2O2. The van der Waals surface area contributed by atoms with Gasteiger partial charge in [0.15, 0.2) is 0 Å². The number of benzene rings is 2. The van der Waals surface area contributed by atoms with Crippen LogP contribution in [0.1, 0.15) is 55.2 Å². The number of methoxy groups -OCH3 is 1. The highest BCUT2D eigenvalue weighted by molar-refractivity contribution is 6.32. The van der Waals surface area contributed by atoms with Gasteiger partial charge in [0.1, 0.15) is 5.75 Å². The van der Waals surface area contributed by atoms with E-state index in [0.29, 0.717) is 22.3 Å². The molecule has 0 heterocycles. The fourth-order valence-corrected chi connectivity index (χ4v) is 4.33. The molecule has 0 saturated heterocycles. The van der Waals surface area contributed by atoms with Crippen LogP contribution in [-0.4, -0.2) is 13.0 Å². The van der Waals surface area contributed by atoms with E-state index in [0.717, 1.165) is 31.2 Å². The van der Waals surface area contributed by atoms with E-state index in [9.17, 15) is 4.79 Å². The average Bonchev–Trinajstić information content (AvgIpc) is 2.68. The molecule has 1 saturated carbocycles. The molecule has 0 aromatic heterocycles. The highest BCUT2D eigenvalue weighted by Crippen LogP contribution is 2.44. The Morgan fingerprint density at radius 1 is 1.22 bits per heavy atom. The number of nitrogens with zero attached hydrogens (tertiary/aromatic N) is 1. The molecule has 4 nitrogen and oxygen atoms in total. The van der Waals surface area contributed by atoms with Gasteiger partial charge in [0.05, 0.1) is 29.3 Å². The minimum absolute atomic E-state index is 0.0368. The largest absolute Gasteiger partial charge is 0.495 e. The second kappa shape index (κ2) is 8.02. The van der Waals surface area contributed by atoms with Gasteiger partial charge in [0.2, 0.25) is 5.91 Å². The maximum Gasteiger partial charge on any atom is 0.217 e. The lowest BCUT2D eigenvalue weighted by molar-refractivity contribution is -0.121. The first kappa shape index (κ1) is 19.3. The predicted molar refractivity (Wildman–Crippen MR) is 106 cm³/mol. The van der Waals surface area contributed by atoms with E-state index in [2.05, 4.69) is 17.5 Å². The lowest BCUT2D eigenvalue weighted by Crippen LogP contribution is -2.47. The zero-order valence-corrected chi connectivity index (χ0v) is 16.3.